The van der Waals surface area contributed by atoms with E-state index in [0.717, 1.165) is 6.42 Å². The van der Waals surface area contributed by atoms with E-state index in [1.165, 1.54) is 55.6 Å². The molecule has 1 heteroatoms. The zero-order valence-electron chi connectivity index (χ0n) is 17.5. The van der Waals surface area contributed by atoms with Gasteiger partial charge < -0.3 is 0 Å². The van der Waals surface area contributed by atoms with E-state index in [4.69, 9.17) is 4.98 Å². The van der Waals surface area contributed by atoms with E-state index in [-0.39, 0.29) is 5.41 Å². The molecule has 0 amide bonds. The van der Waals surface area contributed by atoms with Crippen LogP contribution < -0.4 is 0 Å². The molecule has 30 heavy (non-hydrogen) atoms. The van der Waals surface area contributed by atoms with E-state index in [1.807, 2.05) is 6.20 Å². The molecule has 4 aromatic carbocycles. The molecule has 146 valence electrons. The summed E-state index contributed by atoms with van der Waals surface area (Å²) in [5, 5.41) is 7.95. The summed E-state index contributed by atoms with van der Waals surface area (Å²) in [7, 11) is 0. The molecule has 6 rings (SSSR count). The minimum Gasteiger partial charge on any atom is -0.260 e. The Hall–Kier alpha value is -3.19. The molecule has 0 bridgehead atoms. The summed E-state index contributed by atoms with van der Waals surface area (Å²) in [6, 6.07) is 28.9. The van der Waals surface area contributed by atoms with Crippen molar-refractivity contribution in [2.75, 3.05) is 0 Å². The Morgan fingerprint density at radius 3 is 2.23 bits per heavy atom. The second-order valence-electron chi connectivity index (χ2n) is 9.30. The van der Waals surface area contributed by atoms with Gasteiger partial charge in [0.05, 0.1) is 5.69 Å². The first-order chi connectivity index (χ1) is 14.6. The van der Waals surface area contributed by atoms with Crippen LogP contribution in [-0.4, -0.2) is 4.98 Å². The van der Waals surface area contributed by atoms with Crippen molar-refractivity contribution in [3.05, 3.63) is 102 Å². The molecule has 0 fully saturated rings. The number of benzene rings is 4. The molecule has 0 aliphatic heterocycles. The minimum absolute atomic E-state index is 0.177. The lowest BCUT2D eigenvalue weighted by Gasteiger charge is -2.38. The van der Waals surface area contributed by atoms with Crippen molar-refractivity contribution in [3.63, 3.8) is 0 Å². The average molecular weight is 388 g/mol. The highest BCUT2D eigenvalue weighted by Crippen LogP contribution is 2.49. The molecule has 0 radical (unpaired) electrons. The van der Waals surface area contributed by atoms with Crippen LogP contribution >= 0.6 is 0 Å². The summed E-state index contributed by atoms with van der Waals surface area (Å²) in [5.74, 6) is 0.323. The highest BCUT2D eigenvalue weighted by atomic mass is 14.7. The maximum atomic E-state index is 4.95. The zero-order valence-corrected chi connectivity index (χ0v) is 17.5. The van der Waals surface area contributed by atoms with Crippen LogP contribution in [0.25, 0.3) is 32.3 Å². The van der Waals surface area contributed by atoms with Gasteiger partial charge in [0, 0.05) is 17.5 Å². The fraction of sp³-hybridized carbons (Fsp3) is 0.207. The molecule has 1 aliphatic carbocycles. The Labute approximate surface area is 177 Å². The Kier molecular flexibility index (Phi) is 3.77. The van der Waals surface area contributed by atoms with Crippen molar-refractivity contribution < 1.29 is 0 Å². The van der Waals surface area contributed by atoms with Gasteiger partial charge in [-0.2, -0.15) is 0 Å². The van der Waals surface area contributed by atoms with Gasteiger partial charge in [0.1, 0.15) is 0 Å². The van der Waals surface area contributed by atoms with Crippen molar-refractivity contribution in [2.45, 2.75) is 38.0 Å². The second-order valence-corrected chi connectivity index (χ2v) is 9.30. The monoisotopic (exact) mass is 387 g/mol. The quantitative estimate of drug-likeness (QED) is 0.268. The van der Waals surface area contributed by atoms with E-state index in [9.17, 15) is 0 Å². The molecule has 0 saturated carbocycles. The first-order valence-corrected chi connectivity index (χ1v) is 10.9. The third-order valence-corrected chi connectivity index (χ3v) is 7.14. The molecule has 1 nitrogen and oxygen atoms in total. The minimum atomic E-state index is 0.177. The van der Waals surface area contributed by atoms with Crippen molar-refractivity contribution >= 4 is 32.3 Å². The lowest BCUT2D eigenvalue weighted by atomic mass is 9.66. The van der Waals surface area contributed by atoms with Crippen LogP contribution in [0.3, 0.4) is 0 Å². The van der Waals surface area contributed by atoms with Gasteiger partial charge in [-0.05, 0) is 62.4 Å². The van der Waals surface area contributed by atoms with Gasteiger partial charge in [0.15, 0.2) is 0 Å². The van der Waals surface area contributed by atoms with E-state index in [0.29, 0.717) is 5.92 Å². The first kappa shape index (κ1) is 17.7. The first-order valence-electron chi connectivity index (χ1n) is 10.9. The summed E-state index contributed by atoms with van der Waals surface area (Å²) in [4.78, 5) is 4.95. The third kappa shape index (κ3) is 2.51. The van der Waals surface area contributed by atoms with Crippen molar-refractivity contribution in [2.24, 2.45) is 0 Å². The predicted octanol–water partition coefficient (Wildman–Crippen LogP) is 7.74. The highest BCUT2D eigenvalue weighted by molar-refractivity contribution is 6.09. The van der Waals surface area contributed by atoms with Crippen LogP contribution in [0.5, 0.6) is 0 Å². The van der Waals surface area contributed by atoms with E-state index >= 15 is 0 Å². The highest BCUT2D eigenvalue weighted by Gasteiger charge is 2.35. The van der Waals surface area contributed by atoms with E-state index < -0.39 is 0 Å². The third-order valence-electron chi connectivity index (χ3n) is 7.14. The largest absolute Gasteiger partial charge is 0.260 e. The number of hydrogen-bond acceptors (Lipinski definition) is 1. The normalized spacial score (nSPS) is 18.0. The summed E-state index contributed by atoms with van der Waals surface area (Å²) >= 11 is 0. The maximum absolute atomic E-state index is 4.95. The fourth-order valence-corrected chi connectivity index (χ4v) is 5.56. The van der Waals surface area contributed by atoms with E-state index in [2.05, 4.69) is 92.7 Å². The summed E-state index contributed by atoms with van der Waals surface area (Å²) in [6.07, 6.45) is 4.29. The Balaban J connectivity index is 1.71. The van der Waals surface area contributed by atoms with Gasteiger partial charge in [0.2, 0.25) is 0 Å². The molecule has 5 aromatic rings. The molecular weight excluding hydrogens is 362 g/mol. The van der Waals surface area contributed by atoms with Crippen LogP contribution in [0.15, 0.2) is 85.1 Å². The van der Waals surface area contributed by atoms with Gasteiger partial charge in [-0.1, -0.05) is 86.6 Å². The average Bonchev–Trinajstić information content (AvgIpc) is 2.78. The Morgan fingerprint density at radius 2 is 1.40 bits per heavy atom. The molecular formula is C29H25N. The predicted molar refractivity (Wildman–Crippen MR) is 127 cm³/mol. The van der Waals surface area contributed by atoms with Gasteiger partial charge in [-0.3, -0.25) is 4.98 Å². The molecule has 1 unspecified atom stereocenters. The van der Waals surface area contributed by atoms with Gasteiger partial charge in [-0.15, -0.1) is 0 Å². The van der Waals surface area contributed by atoms with Crippen molar-refractivity contribution in [1.29, 1.82) is 0 Å². The van der Waals surface area contributed by atoms with Crippen LogP contribution in [0.2, 0.25) is 0 Å². The molecule has 0 spiro atoms. The number of aromatic nitrogens is 1. The number of rotatable bonds is 1. The van der Waals surface area contributed by atoms with Crippen molar-refractivity contribution in [3.8, 4) is 0 Å². The molecule has 1 aliphatic rings. The smallest absolute Gasteiger partial charge is 0.0556 e. The number of fused-ring (bicyclic) bond motifs is 6. The molecule has 1 aromatic heterocycles. The van der Waals surface area contributed by atoms with Crippen LogP contribution in [0, 0.1) is 0 Å². The Morgan fingerprint density at radius 1 is 0.700 bits per heavy atom. The summed E-state index contributed by atoms with van der Waals surface area (Å²) in [5.41, 5.74) is 4.37. The number of nitrogens with zero attached hydrogens (tertiary/aromatic N) is 1. The molecule has 1 heterocycles. The van der Waals surface area contributed by atoms with E-state index in [1.54, 1.807) is 0 Å². The van der Waals surface area contributed by atoms with Crippen LogP contribution in [-0.2, 0) is 5.41 Å². The summed E-state index contributed by atoms with van der Waals surface area (Å²) < 4.78 is 0. The second kappa shape index (κ2) is 6.40. The van der Waals surface area contributed by atoms with Gasteiger partial charge >= 0.3 is 0 Å². The SMILES string of the molecule is CC1(C)CCC(c2nccc3ccccc23)c2c1ccc1c2ccc2ccccc21. The molecule has 1 atom stereocenters. The lowest BCUT2D eigenvalue weighted by molar-refractivity contribution is 0.411. The molecule has 0 saturated heterocycles. The lowest BCUT2D eigenvalue weighted by Crippen LogP contribution is -2.27. The van der Waals surface area contributed by atoms with Crippen molar-refractivity contribution in [1.82, 2.24) is 4.98 Å². The Bertz CT molecular complexity index is 1420. The summed E-state index contributed by atoms with van der Waals surface area (Å²) in [6.45, 7) is 4.79. The standard InChI is InChI=1S/C29H25N/c1-29(2)17-15-25(28-22-10-6-4-8-20(22)16-18-30-28)27-24-12-11-19-7-3-5-9-21(19)23(24)13-14-26(27)29/h3-14,16,18,25H,15,17H2,1-2H3. The fourth-order valence-electron chi connectivity index (χ4n) is 5.56. The van der Waals surface area contributed by atoms with Crippen LogP contribution in [0.4, 0.5) is 0 Å². The zero-order chi connectivity index (χ0) is 20.3. The topological polar surface area (TPSA) is 12.9 Å². The number of pyridine rings is 1. The van der Waals surface area contributed by atoms with Gasteiger partial charge in [-0.25, -0.2) is 0 Å². The number of hydrogen-bond donors (Lipinski definition) is 0. The maximum Gasteiger partial charge on any atom is 0.0556 e. The molecule has 0 N–H and O–H groups in total. The van der Waals surface area contributed by atoms with Gasteiger partial charge in [0.25, 0.3) is 0 Å². The van der Waals surface area contributed by atoms with Crippen LogP contribution in [0.1, 0.15) is 49.4 Å².